The van der Waals surface area contributed by atoms with E-state index in [1.54, 1.807) is 10.9 Å². The molecule has 0 spiro atoms. The first-order chi connectivity index (χ1) is 16.1. The Morgan fingerprint density at radius 1 is 1.21 bits per heavy atom. The number of rotatable bonds is 7. The number of ether oxygens (including phenoxy) is 2. The summed E-state index contributed by atoms with van der Waals surface area (Å²) in [6.07, 6.45) is 1.72. The van der Waals surface area contributed by atoms with E-state index >= 15 is 0 Å². The molecule has 2 aromatic heterocycles. The highest BCUT2D eigenvalue weighted by atomic mass is 35.5. The first kappa shape index (κ1) is 24.6. The van der Waals surface area contributed by atoms with Crippen molar-refractivity contribution in [2.75, 3.05) is 51.4 Å². The Balaban J connectivity index is 0.00000274. The Hall–Kier alpha value is -2.53. The van der Waals surface area contributed by atoms with Crippen LogP contribution in [0.5, 0.6) is 6.01 Å². The molecule has 2 fully saturated rings. The van der Waals surface area contributed by atoms with Gasteiger partial charge in [0.15, 0.2) is 5.82 Å². The molecule has 0 bridgehead atoms. The van der Waals surface area contributed by atoms with Gasteiger partial charge >= 0.3 is 6.01 Å². The van der Waals surface area contributed by atoms with Gasteiger partial charge in [0.2, 0.25) is 0 Å². The summed E-state index contributed by atoms with van der Waals surface area (Å²) < 4.78 is 27.4. The Kier molecular flexibility index (Phi) is 7.51. The standard InChI is InChI=1S/C23H29FN6O3.ClH/c1-14-7-15-10-26-30(20(15)8-18(14)17-3-4-25-11-19(17)24)22-9-21(27-23(28-22)32-2)29-12-16(13-29)33-6-5-31;/h7-10,16-17,19,25,31H,3-6,11-13H2,1-2H3;1H/t17-,19-;/m0./s1. The third kappa shape index (κ3) is 4.68. The first-order valence-electron chi connectivity index (χ1n) is 11.3. The van der Waals surface area contributed by atoms with Crippen molar-refractivity contribution >= 4 is 29.1 Å². The van der Waals surface area contributed by atoms with Crippen LogP contribution >= 0.6 is 12.4 Å². The van der Waals surface area contributed by atoms with E-state index in [9.17, 15) is 4.39 Å². The van der Waals surface area contributed by atoms with Crippen LogP contribution in [0.2, 0.25) is 0 Å². The molecule has 0 aliphatic carbocycles. The fraction of sp³-hybridized carbons (Fsp3) is 0.522. The Labute approximate surface area is 203 Å². The quantitative estimate of drug-likeness (QED) is 0.518. The van der Waals surface area contributed by atoms with Gasteiger partial charge in [0.05, 0.1) is 38.1 Å². The summed E-state index contributed by atoms with van der Waals surface area (Å²) in [6.45, 7) is 4.92. The second-order valence-corrected chi connectivity index (χ2v) is 8.63. The zero-order chi connectivity index (χ0) is 22.9. The van der Waals surface area contributed by atoms with Crippen LogP contribution in [0.4, 0.5) is 10.2 Å². The maximum absolute atomic E-state index is 14.7. The molecule has 4 heterocycles. The normalized spacial score (nSPS) is 20.8. The van der Waals surface area contributed by atoms with E-state index in [0.29, 0.717) is 32.1 Å². The highest BCUT2D eigenvalue weighted by molar-refractivity contribution is 5.85. The van der Waals surface area contributed by atoms with Crippen LogP contribution in [-0.2, 0) is 4.74 Å². The molecule has 1 aromatic carbocycles. The maximum Gasteiger partial charge on any atom is 0.320 e. The van der Waals surface area contributed by atoms with E-state index in [1.165, 1.54) is 7.11 Å². The number of aliphatic hydroxyl groups excluding tert-OH is 1. The van der Waals surface area contributed by atoms with Gasteiger partial charge in [0, 0.05) is 37.0 Å². The lowest BCUT2D eigenvalue weighted by Gasteiger charge is -2.39. The molecule has 5 rings (SSSR count). The van der Waals surface area contributed by atoms with Gasteiger partial charge in [-0.1, -0.05) is 0 Å². The fourth-order valence-corrected chi connectivity index (χ4v) is 4.67. The summed E-state index contributed by atoms with van der Waals surface area (Å²) in [5.74, 6) is 1.17. The smallest absolute Gasteiger partial charge is 0.320 e. The minimum Gasteiger partial charge on any atom is -0.467 e. The summed E-state index contributed by atoms with van der Waals surface area (Å²) in [4.78, 5) is 11.1. The summed E-state index contributed by atoms with van der Waals surface area (Å²) in [7, 11) is 1.54. The number of aryl methyl sites for hydroxylation is 1. The lowest BCUT2D eigenvalue weighted by Crippen LogP contribution is -2.53. The lowest BCUT2D eigenvalue weighted by atomic mass is 9.85. The van der Waals surface area contributed by atoms with Gasteiger partial charge in [-0.3, -0.25) is 0 Å². The number of aromatic nitrogens is 4. The molecule has 11 heteroatoms. The predicted molar refractivity (Wildman–Crippen MR) is 129 cm³/mol. The first-order valence-corrected chi connectivity index (χ1v) is 11.3. The van der Waals surface area contributed by atoms with Crippen molar-refractivity contribution in [2.24, 2.45) is 0 Å². The highest BCUT2D eigenvalue weighted by Crippen LogP contribution is 2.34. The number of nitrogens with zero attached hydrogens (tertiary/aromatic N) is 5. The minimum absolute atomic E-state index is 0. The molecule has 0 amide bonds. The average molecular weight is 493 g/mol. The number of aliphatic hydroxyl groups is 1. The zero-order valence-electron chi connectivity index (χ0n) is 19.3. The molecule has 9 nitrogen and oxygen atoms in total. The maximum atomic E-state index is 14.7. The van der Waals surface area contributed by atoms with Gasteiger partial charge in [0.1, 0.15) is 12.0 Å². The van der Waals surface area contributed by atoms with Gasteiger partial charge in [0.25, 0.3) is 0 Å². The monoisotopic (exact) mass is 492 g/mol. The third-order valence-corrected chi connectivity index (χ3v) is 6.46. The number of halogens is 2. The van der Waals surface area contributed by atoms with Crippen LogP contribution in [0.25, 0.3) is 16.7 Å². The number of hydrogen-bond acceptors (Lipinski definition) is 8. The molecule has 0 radical (unpaired) electrons. The van der Waals surface area contributed by atoms with Crippen LogP contribution < -0.4 is 15.0 Å². The van der Waals surface area contributed by atoms with Crippen molar-refractivity contribution in [1.82, 2.24) is 25.1 Å². The van der Waals surface area contributed by atoms with E-state index in [0.717, 1.165) is 40.8 Å². The number of fused-ring (bicyclic) bond motifs is 1. The largest absolute Gasteiger partial charge is 0.467 e. The van der Waals surface area contributed by atoms with Crippen molar-refractivity contribution < 1.29 is 19.0 Å². The number of hydrogen-bond donors (Lipinski definition) is 2. The van der Waals surface area contributed by atoms with E-state index in [2.05, 4.69) is 37.4 Å². The Morgan fingerprint density at radius 3 is 2.74 bits per heavy atom. The molecule has 0 unspecified atom stereocenters. The molecule has 2 aliphatic heterocycles. The lowest BCUT2D eigenvalue weighted by molar-refractivity contribution is 0.0132. The van der Waals surface area contributed by atoms with Crippen molar-refractivity contribution in [3.8, 4) is 11.8 Å². The van der Waals surface area contributed by atoms with Crippen LogP contribution in [0.1, 0.15) is 23.5 Å². The van der Waals surface area contributed by atoms with Crippen LogP contribution in [0, 0.1) is 6.92 Å². The van der Waals surface area contributed by atoms with Crippen molar-refractivity contribution in [3.63, 3.8) is 0 Å². The number of piperidine rings is 1. The van der Waals surface area contributed by atoms with Gasteiger partial charge in [-0.05, 0) is 43.1 Å². The van der Waals surface area contributed by atoms with E-state index in [1.807, 2.05) is 13.0 Å². The van der Waals surface area contributed by atoms with Crippen molar-refractivity contribution in [3.05, 3.63) is 35.5 Å². The second kappa shape index (κ2) is 10.4. The van der Waals surface area contributed by atoms with E-state index in [4.69, 9.17) is 14.6 Å². The van der Waals surface area contributed by atoms with Gasteiger partial charge < -0.3 is 24.8 Å². The summed E-state index contributed by atoms with van der Waals surface area (Å²) in [6, 6.07) is 6.25. The second-order valence-electron chi connectivity index (χ2n) is 8.63. The van der Waals surface area contributed by atoms with Gasteiger partial charge in [-0.25, -0.2) is 9.07 Å². The molecule has 184 valence electrons. The molecular weight excluding hydrogens is 463 g/mol. The highest BCUT2D eigenvalue weighted by Gasteiger charge is 2.30. The topological polar surface area (TPSA) is 97.6 Å². The van der Waals surface area contributed by atoms with Crippen molar-refractivity contribution in [2.45, 2.75) is 31.5 Å². The molecule has 34 heavy (non-hydrogen) atoms. The zero-order valence-corrected chi connectivity index (χ0v) is 20.1. The number of benzene rings is 1. The van der Waals surface area contributed by atoms with Crippen molar-refractivity contribution in [1.29, 1.82) is 0 Å². The number of anilines is 1. The molecule has 2 saturated heterocycles. The van der Waals surface area contributed by atoms with Crippen LogP contribution in [0.15, 0.2) is 24.4 Å². The third-order valence-electron chi connectivity index (χ3n) is 6.46. The molecule has 2 atom stereocenters. The molecular formula is C23H30ClFN6O3. The van der Waals surface area contributed by atoms with Gasteiger partial charge in [-0.2, -0.15) is 15.1 Å². The number of nitrogens with one attached hydrogen (secondary N) is 1. The number of methoxy groups -OCH3 is 1. The molecule has 2 aliphatic rings. The molecule has 3 aromatic rings. The molecule has 0 saturated carbocycles. The Bertz CT molecular complexity index is 1140. The summed E-state index contributed by atoms with van der Waals surface area (Å²) in [5, 5.41) is 17.6. The van der Waals surface area contributed by atoms with Gasteiger partial charge in [-0.15, -0.1) is 12.4 Å². The predicted octanol–water partition coefficient (Wildman–Crippen LogP) is 2.17. The van der Waals surface area contributed by atoms with E-state index in [-0.39, 0.29) is 37.0 Å². The molecule has 2 N–H and O–H groups in total. The number of alkyl halides is 1. The minimum atomic E-state index is -0.913. The fourth-order valence-electron chi connectivity index (χ4n) is 4.67. The van der Waals surface area contributed by atoms with Crippen LogP contribution in [-0.4, -0.2) is 83.6 Å². The SMILES string of the molecule is COc1nc(N2CC(OCCO)C2)cc(-n2ncc3cc(C)c([C@@H]4CCNC[C@@H]4F)cc32)n1.Cl. The summed E-state index contributed by atoms with van der Waals surface area (Å²) in [5.41, 5.74) is 2.97. The average Bonchev–Trinajstić information content (AvgIpc) is 3.20. The summed E-state index contributed by atoms with van der Waals surface area (Å²) >= 11 is 0. The van der Waals surface area contributed by atoms with Crippen LogP contribution in [0.3, 0.4) is 0 Å². The van der Waals surface area contributed by atoms with E-state index < -0.39 is 6.17 Å². The Morgan fingerprint density at radius 2 is 2.00 bits per heavy atom.